The molecule has 184 valence electrons. The van der Waals surface area contributed by atoms with Crippen LogP contribution in [-0.4, -0.2) is 67.8 Å². The summed E-state index contributed by atoms with van der Waals surface area (Å²) in [6.45, 7) is 9.95. The van der Waals surface area contributed by atoms with Crippen LogP contribution in [0.3, 0.4) is 0 Å². The van der Waals surface area contributed by atoms with Crippen molar-refractivity contribution in [3.05, 3.63) is 24.3 Å². The van der Waals surface area contributed by atoms with Gasteiger partial charge in [-0.2, -0.15) is 0 Å². The summed E-state index contributed by atoms with van der Waals surface area (Å²) in [6, 6.07) is 7.15. The molecule has 1 aliphatic heterocycles. The van der Waals surface area contributed by atoms with Crippen LogP contribution in [0.5, 0.6) is 11.5 Å². The van der Waals surface area contributed by atoms with Crippen molar-refractivity contribution in [2.24, 2.45) is 5.92 Å². The highest BCUT2D eigenvalue weighted by Crippen LogP contribution is 2.18. The summed E-state index contributed by atoms with van der Waals surface area (Å²) in [4.78, 5) is 37.9. The monoisotopic (exact) mass is 463 g/mol. The molecule has 1 aliphatic rings. The summed E-state index contributed by atoms with van der Waals surface area (Å²) in [5.74, 6) is 1.54. The minimum Gasteiger partial charge on any atom is -0.494 e. The molecule has 0 saturated carbocycles. The van der Waals surface area contributed by atoms with Crippen molar-refractivity contribution in [2.75, 3.05) is 39.4 Å². The molecule has 0 radical (unpaired) electrons. The molecule has 1 aromatic rings. The second-order valence-corrected chi connectivity index (χ2v) is 9.00. The molecule has 2 rings (SSSR count). The lowest BCUT2D eigenvalue weighted by Gasteiger charge is -2.32. The van der Waals surface area contributed by atoms with E-state index in [0.29, 0.717) is 37.9 Å². The van der Waals surface area contributed by atoms with Gasteiger partial charge < -0.3 is 29.7 Å². The first-order chi connectivity index (χ1) is 15.7. The average molecular weight is 464 g/mol. The Kier molecular flexibility index (Phi) is 10.3. The van der Waals surface area contributed by atoms with Gasteiger partial charge in [0.05, 0.1) is 6.61 Å². The molecular weight excluding hydrogens is 426 g/mol. The van der Waals surface area contributed by atoms with Gasteiger partial charge in [-0.05, 0) is 70.7 Å². The summed E-state index contributed by atoms with van der Waals surface area (Å²) >= 11 is 0. The highest BCUT2D eigenvalue weighted by atomic mass is 16.6. The number of alkyl carbamates (subject to hydrolysis) is 1. The van der Waals surface area contributed by atoms with E-state index in [1.807, 2.05) is 11.8 Å². The molecule has 2 N–H and O–H groups in total. The maximum absolute atomic E-state index is 12.4. The Morgan fingerprint density at radius 1 is 1.00 bits per heavy atom. The van der Waals surface area contributed by atoms with Crippen LogP contribution in [-0.2, 0) is 14.3 Å². The van der Waals surface area contributed by atoms with Crippen molar-refractivity contribution >= 4 is 17.9 Å². The average Bonchev–Trinajstić information content (AvgIpc) is 2.76. The van der Waals surface area contributed by atoms with Crippen LogP contribution < -0.4 is 20.1 Å². The Morgan fingerprint density at radius 2 is 1.61 bits per heavy atom. The number of hydrogen-bond acceptors (Lipinski definition) is 6. The number of rotatable bonds is 10. The zero-order valence-electron chi connectivity index (χ0n) is 20.1. The van der Waals surface area contributed by atoms with Gasteiger partial charge in [-0.1, -0.05) is 0 Å². The van der Waals surface area contributed by atoms with Crippen molar-refractivity contribution in [3.63, 3.8) is 0 Å². The van der Waals surface area contributed by atoms with Gasteiger partial charge in [-0.25, -0.2) is 4.79 Å². The molecule has 1 fully saturated rings. The molecule has 0 atom stereocenters. The second kappa shape index (κ2) is 12.9. The standard InChI is InChI=1S/C24H37N3O6/c1-5-31-19-6-8-20(9-7-19)32-17-21(28)26-16-18-11-14-27(15-12-18)22(29)10-13-25-23(30)33-24(2,3)4/h6-9,18H,5,10-17H2,1-4H3,(H,25,30)(H,26,28). The molecule has 3 amide bonds. The minimum atomic E-state index is -0.563. The Bertz CT molecular complexity index is 767. The van der Waals surface area contributed by atoms with E-state index in [1.54, 1.807) is 45.0 Å². The Labute approximate surface area is 196 Å². The fourth-order valence-electron chi connectivity index (χ4n) is 3.39. The molecular formula is C24H37N3O6. The van der Waals surface area contributed by atoms with Crippen LogP contribution in [0, 0.1) is 5.92 Å². The molecule has 1 heterocycles. The lowest BCUT2D eigenvalue weighted by atomic mass is 9.96. The third kappa shape index (κ3) is 10.5. The van der Waals surface area contributed by atoms with Gasteiger partial charge in [0, 0.05) is 32.6 Å². The van der Waals surface area contributed by atoms with Crippen molar-refractivity contribution in [2.45, 2.75) is 52.6 Å². The fourth-order valence-corrected chi connectivity index (χ4v) is 3.39. The predicted octanol–water partition coefficient (Wildman–Crippen LogP) is 2.73. The lowest BCUT2D eigenvalue weighted by molar-refractivity contribution is -0.132. The van der Waals surface area contributed by atoms with E-state index in [9.17, 15) is 14.4 Å². The number of nitrogens with zero attached hydrogens (tertiary/aromatic N) is 1. The lowest BCUT2D eigenvalue weighted by Crippen LogP contribution is -2.43. The van der Waals surface area contributed by atoms with Gasteiger partial charge >= 0.3 is 6.09 Å². The predicted molar refractivity (Wildman–Crippen MR) is 124 cm³/mol. The first-order valence-electron chi connectivity index (χ1n) is 11.5. The van der Waals surface area contributed by atoms with Gasteiger partial charge in [-0.15, -0.1) is 0 Å². The highest BCUT2D eigenvalue weighted by molar-refractivity contribution is 5.78. The fraction of sp³-hybridized carbons (Fsp3) is 0.625. The van der Waals surface area contributed by atoms with Crippen molar-refractivity contribution in [1.82, 2.24) is 15.5 Å². The van der Waals surface area contributed by atoms with Crippen molar-refractivity contribution in [1.29, 1.82) is 0 Å². The summed E-state index contributed by atoms with van der Waals surface area (Å²) in [7, 11) is 0. The van der Waals surface area contributed by atoms with Gasteiger partial charge in [-0.3, -0.25) is 9.59 Å². The molecule has 1 saturated heterocycles. The van der Waals surface area contributed by atoms with E-state index in [0.717, 1.165) is 18.6 Å². The van der Waals surface area contributed by atoms with E-state index >= 15 is 0 Å². The molecule has 0 aliphatic carbocycles. The number of piperidine rings is 1. The van der Waals surface area contributed by atoms with E-state index in [1.165, 1.54) is 0 Å². The number of likely N-dealkylation sites (tertiary alicyclic amines) is 1. The largest absolute Gasteiger partial charge is 0.494 e. The Morgan fingerprint density at radius 3 is 2.18 bits per heavy atom. The number of hydrogen-bond donors (Lipinski definition) is 2. The van der Waals surface area contributed by atoms with E-state index in [2.05, 4.69) is 10.6 Å². The van der Waals surface area contributed by atoms with Crippen molar-refractivity contribution < 1.29 is 28.6 Å². The van der Waals surface area contributed by atoms with Crippen molar-refractivity contribution in [3.8, 4) is 11.5 Å². The molecule has 0 aromatic heterocycles. The molecule has 33 heavy (non-hydrogen) atoms. The first kappa shape index (κ1) is 26.3. The van der Waals surface area contributed by atoms with Crippen LogP contribution in [0.15, 0.2) is 24.3 Å². The SMILES string of the molecule is CCOc1ccc(OCC(=O)NCC2CCN(C(=O)CCNC(=O)OC(C)(C)C)CC2)cc1. The van der Waals surface area contributed by atoms with E-state index in [4.69, 9.17) is 14.2 Å². The van der Waals surface area contributed by atoms with Crippen LogP contribution in [0.2, 0.25) is 0 Å². The van der Waals surface area contributed by atoms with Crippen LogP contribution >= 0.6 is 0 Å². The van der Waals surface area contributed by atoms with Gasteiger partial charge in [0.15, 0.2) is 6.61 Å². The number of amides is 3. The maximum Gasteiger partial charge on any atom is 0.407 e. The number of benzene rings is 1. The van der Waals surface area contributed by atoms with Crippen LogP contribution in [0.4, 0.5) is 4.79 Å². The van der Waals surface area contributed by atoms with Crippen LogP contribution in [0.25, 0.3) is 0 Å². The third-order valence-electron chi connectivity index (χ3n) is 5.07. The molecule has 9 nitrogen and oxygen atoms in total. The molecule has 0 unspecified atom stereocenters. The van der Waals surface area contributed by atoms with E-state index < -0.39 is 11.7 Å². The zero-order valence-corrected chi connectivity index (χ0v) is 20.1. The number of carbonyl (C=O) groups is 3. The quantitative estimate of drug-likeness (QED) is 0.553. The third-order valence-corrected chi connectivity index (χ3v) is 5.07. The van der Waals surface area contributed by atoms with Gasteiger partial charge in [0.25, 0.3) is 5.91 Å². The molecule has 0 bridgehead atoms. The van der Waals surface area contributed by atoms with Gasteiger partial charge in [0.2, 0.25) is 5.91 Å². The molecule has 1 aromatic carbocycles. The molecule has 0 spiro atoms. The Hall–Kier alpha value is -2.97. The summed E-state index contributed by atoms with van der Waals surface area (Å²) in [5, 5.41) is 5.52. The van der Waals surface area contributed by atoms with Gasteiger partial charge in [0.1, 0.15) is 17.1 Å². The normalized spacial score (nSPS) is 14.4. The number of nitrogens with one attached hydrogen (secondary N) is 2. The number of carbonyl (C=O) groups excluding carboxylic acids is 3. The minimum absolute atomic E-state index is 0.0114. The number of ether oxygens (including phenoxy) is 3. The smallest absolute Gasteiger partial charge is 0.407 e. The zero-order chi connectivity index (χ0) is 24.3. The highest BCUT2D eigenvalue weighted by Gasteiger charge is 2.23. The summed E-state index contributed by atoms with van der Waals surface area (Å²) < 4.78 is 16.0. The summed E-state index contributed by atoms with van der Waals surface area (Å²) in [5.41, 5.74) is -0.563. The maximum atomic E-state index is 12.4. The second-order valence-electron chi connectivity index (χ2n) is 9.00. The molecule has 9 heteroatoms. The van der Waals surface area contributed by atoms with Crippen LogP contribution in [0.1, 0.15) is 47.0 Å². The topological polar surface area (TPSA) is 106 Å². The van der Waals surface area contributed by atoms with E-state index in [-0.39, 0.29) is 31.4 Å². The summed E-state index contributed by atoms with van der Waals surface area (Å²) in [6.07, 6.45) is 1.37. The first-order valence-corrected chi connectivity index (χ1v) is 11.5. The Balaban J connectivity index is 1.58.